The van der Waals surface area contributed by atoms with Gasteiger partial charge in [0.25, 0.3) is 0 Å². The molecular weight excluding hydrogens is 368 g/mol. The second-order valence-electron chi connectivity index (χ2n) is 9.75. The van der Waals surface area contributed by atoms with E-state index in [-0.39, 0.29) is 36.1 Å². The predicted molar refractivity (Wildman–Crippen MR) is 113 cm³/mol. The maximum absolute atomic E-state index is 12.4. The third-order valence-corrected chi connectivity index (χ3v) is 7.65. The lowest BCUT2D eigenvalue weighted by Gasteiger charge is -2.31. The van der Waals surface area contributed by atoms with Crippen molar-refractivity contribution in [3.63, 3.8) is 0 Å². The molecule has 0 aromatic heterocycles. The number of carboxylic acid groups (broad SMARTS) is 1. The molecule has 5 heteroatoms. The first-order valence-corrected chi connectivity index (χ1v) is 11.9. The number of aliphatic hydroxyl groups excluding tert-OH is 2. The van der Waals surface area contributed by atoms with E-state index in [9.17, 15) is 19.8 Å². The quantitative estimate of drug-likeness (QED) is 0.409. The molecule has 168 valence electrons. The van der Waals surface area contributed by atoms with Crippen LogP contribution in [0.2, 0.25) is 0 Å². The lowest BCUT2D eigenvalue weighted by molar-refractivity contribution is -0.142. The van der Waals surface area contributed by atoms with E-state index < -0.39 is 12.1 Å². The van der Waals surface area contributed by atoms with Gasteiger partial charge in [-0.25, -0.2) is 0 Å². The molecule has 0 amide bonds. The van der Waals surface area contributed by atoms with Gasteiger partial charge in [0.2, 0.25) is 0 Å². The van der Waals surface area contributed by atoms with Crippen LogP contribution in [0.3, 0.4) is 0 Å². The zero-order valence-corrected chi connectivity index (χ0v) is 18.4. The lowest BCUT2D eigenvalue weighted by atomic mass is 9.77. The largest absolute Gasteiger partial charge is 0.481 e. The highest BCUT2D eigenvalue weighted by Gasteiger charge is 2.41. The van der Waals surface area contributed by atoms with Crippen LogP contribution in [0.15, 0.2) is 0 Å². The Bertz CT molecular complexity index is 511. The summed E-state index contributed by atoms with van der Waals surface area (Å²) in [7, 11) is 0. The van der Waals surface area contributed by atoms with Gasteiger partial charge in [-0.3, -0.25) is 9.59 Å². The van der Waals surface area contributed by atoms with Crippen molar-refractivity contribution in [1.29, 1.82) is 0 Å². The fraction of sp³-hybridized carbons (Fsp3) is 0.917. The average molecular weight is 411 g/mol. The molecule has 2 unspecified atom stereocenters. The van der Waals surface area contributed by atoms with Crippen molar-refractivity contribution in [2.75, 3.05) is 0 Å². The molecule has 2 aliphatic carbocycles. The van der Waals surface area contributed by atoms with Crippen LogP contribution in [0.5, 0.6) is 0 Å². The molecule has 0 radical (unpaired) electrons. The second-order valence-corrected chi connectivity index (χ2v) is 9.75. The van der Waals surface area contributed by atoms with Crippen LogP contribution >= 0.6 is 0 Å². The van der Waals surface area contributed by atoms with Crippen molar-refractivity contribution in [3.05, 3.63) is 0 Å². The summed E-state index contributed by atoms with van der Waals surface area (Å²) in [6.07, 6.45) is 10.2. The van der Waals surface area contributed by atoms with Gasteiger partial charge in [0.1, 0.15) is 5.78 Å². The van der Waals surface area contributed by atoms with E-state index in [1.165, 1.54) is 12.8 Å². The average Bonchev–Trinajstić information content (AvgIpc) is 2.95. The Balaban J connectivity index is 1.73. The molecule has 3 N–H and O–H groups in total. The standard InChI is InChI=1S/C24H42O5/c1-3-17(24(28)29)7-5-4-6-8-19-20(23(27)15-22(19)26)13-14-21(25)18-11-9-16(2)10-12-18/h16-21,23,25,27H,3-15H2,1-2H3,(H,28,29)/t16?,17?,18?,19-,20-,21?,23-/m1/s1. The summed E-state index contributed by atoms with van der Waals surface area (Å²) in [6, 6.07) is 0. The van der Waals surface area contributed by atoms with Gasteiger partial charge in [-0.1, -0.05) is 46.0 Å². The van der Waals surface area contributed by atoms with Crippen molar-refractivity contribution in [1.82, 2.24) is 0 Å². The minimum Gasteiger partial charge on any atom is -0.481 e. The highest BCUT2D eigenvalue weighted by Crippen LogP contribution is 2.38. The summed E-state index contributed by atoms with van der Waals surface area (Å²) in [5, 5.41) is 30.1. The Morgan fingerprint density at radius 1 is 1.07 bits per heavy atom. The van der Waals surface area contributed by atoms with E-state index >= 15 is 0 Å². The summed E-state index contributed by atoms with van der Waals surface area (Å²) in [4.78, 5) is 23.5. The summed E-state index contributed by atoms with van der Waals surface area (Å²) >= 11 is 0. The fourth-order valence-corrected chi connectivity index (χ4v) is 5.49. The molecule has 0 saturated heterocycles. The molecule has 0 spiro atoms. The van der Waals surface area contributed by atoms with E-state index in [2.05, 4.69) is 6.92 Å². The van der Waals surface area contributed by atoms with E-state index in [1.54, 1.807) is 0 Å². The number of hydrogen-bond acceptors (Lipinski definition) is 4. The van der Waals surface area contributed by atoms with Gasteiger partial charge in [-0.05, 0) is 62.7 Å². The summed E-state index contributed by atoms with van der Waals surface area (Å²) in [5.74, 6) is 0.210. The molecule has 2 rings (SSSR count). The van der Waals surface area contributed by atoms with E-state index in [1.807, 2.05) is 6.92 Å². The minimum atomic E-state index is -0.715. The van der Waals surface area contributed by atoms with Crippen LogP contribution in [-0.4, -0.2) is 39.3 Å². The number of hydrogen-bond donors (Lipinski definition) is 3. The van der Waals surface area contributed by atoms with E-state index in [4.69, 9.17) is 5.11 Å². The molecule has 0 bridgehead atoms. The first-order chi connectivity index (χ1) is 13.8. The van der Waals surface area contributed by atoms with Crippen LogP contribution in [0.4, 0.5) is 0 Å². The molecule has 0 heterocycles. The molecule has 5 nitrogen and oxygen atoms in total. The van der Waals surface area contributed by atoms with Crippen LogP contribution in [-0.2, 0) is 9.59 Å². The summed E-state index contributed by atoms with van der Waals surface area (Å²) in [5.41, 5.74) is 0. The van der Waals surface area contributed by atoms with Gasteiger partial charge in [0, 0.05) is 12.3 Å². The van der Waals surface area contributed by atoms with Crippen LogP contribution in [0, 0.1) is 29.6 Å². The molecule has 2 saturated carbocycles. The highest BCUT2D eigenvalue weighted by molar-refractivity contribution is 5.84. The number of aliphatic hydroxyl groups is 2. The second kappa shape index (κ2) is 12.0. The third kappa shape index (κ3) is 7.36. The van der Waals surface area contributed by atoms with Gasteiger partial charge < -0.3 is 15.3 Å². The number of rotatable bonds is 12. The van der Waals surface area contributed by atoms with Crippen LogP contribution in [0.1, 0.15) is 97.3 Å². The Morgan fingerprint density at radius 2 is 1.76 bits per heavy atom. The Morgan fingerprint density at radius 3 is 2.38 bits per heavy atom. The Hall–Kier alpha value is -0.940. The molecule has 0 aromatic rings. The molecule has 5 atom stereocenters. The Kier molecular flexibility index (Phi) is 10.1. The molecule has 0 aliphatic heterocycles. The van der Waals surface area contributed by atoms with Crippen molar-refractivity contribution in [2.24, 2.45) is 29.6 Å². The third-order valence-electron chi connectivity index (χ3n) is 7.65. The monoisotopic (exact) mass is 410 g/mol. The van der Waals surface area contributed by atoms with Crippen LogP contribution < -0.4 is 0 Å². The maximum Gasteiger partial charge on any atom is 0.306 e. The zero-order valence-electron chi connectivity index (χ0n) is 18.4. The summed E-state index contributed by atoms with van der Waals surface area (Å²) in [6.45, 7) is 4.18. The van der Waals surface area contributed by atoms with Crippen molar-refractivity contribution >= 4 is 11.8 Å². The van der Waals surface area contributed by atoms with Crippen molar-refractivity contribution in [2.45, 2.75) is 110 Å². The van der Waals surface area contributed by atoms with Gasteiger partial charge in [0.15, 0.2) is 0 Å². The number of unbranched alkanes of at least 4 members (excludes halogenated alkanes) is 2. The molecule has 2 aliphatic rings. The maximum atomic E-state index is 12.4. The molecule has 0 aromatic carbocycles. The predicted octanol–water partition coefficient (Wildman–Crippen LogP) is 4.58. The van der Waals surface area contributed by atoms with Gasteiger partial charge in [0.05, 0.1) is 18.1 Å². The first kappa shape index (κ1) is 24.3. The number of Topliss-reactive ketones (excluding diaryl/α,β-unsaturated/α-hetero) is 1. The highest BCUT2D eigenvalue weighted by atomic mass is 16.4. The van der Waals surface area contributed by atoms with Gasteiger partial charge in [-0.15, -0.1) is 0 Å². The number of carboxylic acids is 1. The Labute approximate surface area is 176 Å². The zero-order chi connectivity index (χ0) is 21.4. The first-order valence-electron chi connectivity index (χ1n) is 11.9. The molecular formula is C24H42O5. The smallest absolute Gasteiger partial charge is 0.306 e. The number of ketones is 1. The summed E-state index contributed by atoms with van der Waals surface area (Å²) < 4.78 is 0. The number of aliphatic carboxylic acids is 1. The number of carbonyl (C=O) groups is 2. The lowest BCUT2D eigenvalue weighted by Crippen LogP contribution is -2.28. The molecule has 2 fully saturated rings. The van der Waals surface area contributed by atoms with Crippen LogP contribution in [0.25, 0.3) is 0 Å². The van der Waals surface area contributed by atoms with Gasteiger partial charge in [-0.2, -0.15) is 0 Å². The SMILES string of the molecule is CCC(CCCCC[C@H]1C(=O)C[C@@H](O)[C@@H]1CCC(O)C1CCC(C)CC1)C(=O)O. The van der Waals surface area contributed by atoms with Crippen molar-refractivity contribution in [3.8, 4) is 0 Å². The van der Waals surface area contributed by atoms with Crippen molar-refractivity contribution < 1.29 is 24.9 Å². The minimum absolute atomic E-state index is 0.0259. The topological polar surface area (TPSA) is 94.8 Å². The van der Waals surface area contributed by atoms with Gasteiger partial charge >= 0.3 is 5.97 Å². The number of carbonyl (C=O) groups excluding carboxylic acids is 1. The van der Waals surface area contributed by atoms with E-state index in [0.29, 0.717) is 25.2 Å². The van der Waals surface area contributed by atoms with E-state index in [0.717, 1.165) is 50.9 Å². The fourth-order valence-electron chi connectivity index (χ4n) is 5.49. The normalized spacial score (nSPS) is 32.3. The molecule has 29 heavy (non-hydrogen) atoms.